The molecule has 0 saturated carbocycles. The number of benzene rings is 1. The normalized spacial score (nSPS) is 11.3. The Morgan fingerprint density at radius 2 is 2.06 bits per heavy atom. The Morgan fingerprint density at radius 3 is 2.65 bits per heavy atom. The first-order valence-corrected chi connectivity index (χ1v) is 5.93. The van der Waals surface area contributed by atoms with Gasteiger partial charge in [0.15, 0.2) is 5.96 Å². The third-order valence-electron chi connectivity index (χ3n) is 2.38. The maximum absolute atomic E-state index is 5.69. The fourth-order valence-electron chi connectivity index (χ4n) is 1.42. The molecule has 0 aliphatic carbocycles. The molecule has 4 heteroatoms. The van der Waals surface area contributed by atoms with Gasteiger partial charge in [-0.15, -0.1) is 0 Å². The summed E-state index contributed by atoms with van der Waals surface area (Å²) in [5, 5.41) is 3.09. The third kappa shape index (κ3) is 5.24. The summed E-state index contributed by atoms with van der Waals surface area (Å²) < 4.78 is 5.10. The number of hydrogen-bond acceptors (Lipinski definition) is 2. The van der Waals surface area contributed by atoms with E-state index in [-0.39, 0.29) is 0 Å². The zero-order chi connectivity index (χ0) is 12.5. The molecule has 0 spiro atoms. The molecule has 0 bridgehead atoms. The summed E-state index contributed by atoms with van der Waals surface area (Å²) in [5.74, 6) is 1.41. The summed E-state index contributed by atoms with van der Waals surface area (Å²) in [6.07, 6.45) is 1.94. The van der Waals surface area contributed by atoms with Crippen molar-refractivity contribution >= 4 is 5.96 Å². The lowest BCUT2D eigenvalue weighted by Crippen LogP contribution is -2.33. The van der Waals surface area contributed by atoms with Gasteiger partial charge in [-0.1, -0.05) is 19.1 Å². The molecule has 0 fully saturated rings. The Hall–Kier alpha value is -1.71. The summed E-state index contributed by atoms with van der Waals surface area (Å²) in [6, 6.07) is 8.04. The summed E-state index contributed by atoms with van der Waals surface area (Å²) >= 11 is 0. The summed E-state index contributed by atoms with van der Waals surface area (Å²) in [5.41, 5.74) is 6.94. The van der Waals surface area contributed by atoms with Crippen molar-refractivity contribution in [2.24, 2.45) is 10.7 Å². The Bertz CT molecular complexity index is 346. The van der Waals surface area contributed by atoms with E-state index in [2.05, 4.69) is 29.4 Å². The van der Waals surface area contributed by atoms with Gasteiger partial charge in [-0.25, -0.2) is 0 Å². The second kappa shape index (κ2) is 7.54. The number of nitrogens with zero attached hydrogens (tertiary/aromatic N) is 1. The molecule has 17 heavy (non-hydrogen) atoms. The summed E-state index contributed by atoms with van der Waals surface area (Å²) in [4.78, 5) is 4.16. The molecule has 0 aliphatic heterocycles. The minimum absolute atomic E-state index is 0.528. The monoisotopic (exact) mass is 235 g/mol. The van der Waals surface area contributed by atoms with Gasteiger partial charge in [-0.2, -0.15) is 0 Å². The Labute approximate surface area is 103 Å². The molecule has 0 unspecified atom stereocenters. The molecule has 0 aromatic heterocycles. The first-order valence-electron chi connectivity index (χ1n) is 5.93. The van der Waals surface area contributed by atoms with Gasteiger partial charge in [-0.05, 0) is 30.5 Å². The third-order valence-corrected chi connectivity index (χ3v) is 2.38. The van der Waals surface area contributed by atoms with Gasteiger partial charge in [0.1, 0.15) is 5.75 Å². The number of nitrogens with two attached hydrogens (primary N) is 1. The van der Waals surface area contributed by atoms with Gasteiger partial charge < -0.3 is 15.8 Å². The summed E-state index contributed by atoms with van der Waals surface area (Å²) in [7, 11) is 1.67. The van der Waals surface area contributed by atoms with Gasteiger partial charge >= 0.3 is 0 Å². The molecule has 0 radical (unpaired) electrons. The minimum atomic E-state index is 0.528. The van der Waals surface area contributed by atoms with E-state index < -0.39 is 0 Å². The minimum Gasteiger partial charge on any atom is -0.497 e. The van der Waals surface area contributed by atoms with Crippen LogP contribution in [0.5, 0.6) is 5.75 Å². The molecule has 1 aromatic carbocycles. The van der Waals surface area contributed by atoms with Crippen molar-refractivity contribution < 1.29 is 4.74 Å². The molecule has 0 atom stereocenters. The van der Waals surface area contributed by atoms with E-state index in [4.69, 9.17) is 10.5 Å². The van der Waals surface area contributed by atoms with Crippen molar-refractivity contribution in [1.82, 2.24) is 5.32 Å². The fraction of sp³-hybridized carbons (Fsp3) is 0.462. The molecule has 0 aliphatic rings. The van der Waals surface area contributed by atoms with Crippen LogP contribution in [0.3, 0.4) is 0 Å². The Balaban J connectivity index is 2.30. The highest BCUT2D eigenvalue weighted by atomic mass is 16.5. The first-order chi connectivity index (χ1) is 8.26. The molecule has 0 saturated heterocycles. The van der Waals surface area contributed by atoms with E-state index in [0.29, 0.717) is 5.96 Å². The lowest BCUT2D eigenvalue weighted by Gasteiger charge is -2.06. The molecule has 3 N–H and O–H groups in total. The van der Waals surface area contributed by atoms with Crippen molar-refractivity contribution in [2.75, 3.05) is 20.2 Å². The number of nitrogens with one attached hydrogen (secondary N) is 1. The van der Waals surface area contributed by atoms with Crippen LogP contribution in [0.1, 0.15) is 18.9 Å². The van der Waals surface area contributed by atoms with Crippen LogP contribution in [0.4, 0.5) is 0 Å². The number of aliphatic imine (C=N–C) groups is 1. The molecule has 1 aromatic rings. The van der Waals surface area contributed by atoms with Crippen LogP contribution < -0.4 is 15.8 Å². The average molecular weight is 235 g/mol. The van der Waals surface area contributed by atoms with Gasteiger partial charge in [0, 0.05) is 13.1 Å². The topological polar surface area (TPSA) is 59.6 Å². The van der Waals surface area contributed by atoms with Crippen molar-refractivity contribution in [3.63, 3.8) is 0 Å². The van der Waals surface area contributed by atoms with Crippen molar-refractivity contribution in [1.29, 1.82) is 0 Å². The van der Waals surface area contributed by atoms with Crippen LogP contribution in [0.25, 0.3) is 0 Å². The largest absolute Gasteiger partial charge is 0.497 e. The van der Waals surface area contributed by atoms with Crippen molar-refractivity contribution in [2.45, 2.75) is 19.8 Å². The maximum Gasteiger partial charge on any atom is 0.188 e. The average Bonchev–Trinajstić information content (AvgIpc) is 2.37. The smallest absolute Gasteiger partial charge is 0.188 e. The zero-order valence-electron chi connectivity index (χ0n) is 10.6. The Morgan fingerprint density at radius 1 is 1.35 bits per heavy atom. The quantitative estimate of drug-likeness (QED) is 0.581. The van der Waals surface area contributed by atoms with Gasteiger partial charge in [-0.3, -0.25) is 4.99 Å². The highest BCUT2D eigenvalue weighted by molar-refractivity contribution is 5.77. The molecule has 1 rings (SSSR count). The van der Waals surface area contributed by atoms with Gasteiger partial charge in [0.05, 0.1) is 7.11 Å². The molecular formula is C13H21N3O. The standard InChI is InChI=1S/C13H21N3O/c1-3-9-15-13(14)16-10-8-11-4-6-12(17-2)7-5-11/h4-7H,3,8-10H2,1-2H3,(H3,14,15,16). The maximum atomic E-state index is 5.69. The number of ether oxygens (including phenoxy) is 1. The van der Waals surface area contributed by atoms with E-state index >= 15 is 0 Å². The molecule has 94 valence electrons. The van der Waals surface area contributed by atoms with E-state index in [9.17, 15) is 0 Å². The lowest BCUT2D eigenvalue weighted by atomic mass is 10.1. The van der Waals surface area contributed by atoms with Crippen LogP contribution in [0.15, 0.2) is 29.3 Å². The number of guanidine groups is 1. The van der Waals surface area contributed by atoms with Crippen LogP contribution >= 0.6 is 0 Å². The second-order valence-electron chi connectivity index (χ2n) is 3.79. The first kappa shape index (κ1) is 13.4. The van der Waals surface area contributed by atoms with Crippen molar-refractivity contribution in [3.05, 3.63) is 29.8 Å². The van der Waals surface area contributed by atoms with Gasteiger partial charge in [0.25, 0.3) is 0 Å². The van der Waals surface area contributed by atoms with Crippen LogP contribution in [-0.2, 0) is 6.42 Å². The summed E-state index contributed by atoms with van der Waals surface area (Å²) in [6.45, 7) is 3.65. The Kier molecular flexibility index (Phi) is 5.93. The second-order valence-corrected chi connectivity index (χ2v) is 3.79. The predicted octanol–water partition coefficient (Wildman–Crippen LogP) is 1.55. The van der Waals surface area contributed by atoms with Crippen LogP contribution in [0, 0.1) is 0 Å². The SMILES string of the molecule is CCCN=C(N)NCCc1ccc(OC)cc1. The lowest BCUT2D eigenvalue weighted by molar-refractivity contribution is 0.414. The van der Waals surface area contributed by atoms with Crippen molar-refractivity contribution in [3.8, 4) is 5.75 Å². The van der Waals surface area contributed by atoms with E-state index in [1.54, 1.807) is 7.11 Å². The number of rotatable bonds is 6. The van der Waals surface area contributed by atoms with Crippen LogP contribution in [-0.4, -0.2) is 26.2 Å². The van der Waals surface area contributed by atoms with E-state index in [0.717, 1.165) is 31.7 Å². The predicted molar refractivity (Wildman–Crippen MR) is 71.5 cm³/mol. The van der Waals surface area contributed by atoms with Gasteiger partial charge in [0.2, 0.25) is 0 Å². The highest BCUT2D eigenvalue weighted by Crippen LogP contribution is 2.11. The van der Waals surface area contributed by atoms with E-state index in [1.165, 1.54) is 5.56 Å². The highest BCUT2D eigenvalue weighted by Gasteiger charge is 1.95. The molecule has 0 amide bonds. The molecular weight excluding hydrogens is 214 g/mol. The van der Waals surface area contributed by atoms with E-state index in [1.807, 2.05) is 12.1 Å². The fourth-order valence-corrected chi connectivity index (χ4v) is 1.42. The van der Waals surface area contributed by atoms with Crippen LogP contribution in [0.2, 0.25) is 0 Å². The number of methoxy groups -OCH3 is 1. The molecule has 0 heterocycles. The zero-order valence-corrected chi connectivity index (χ0v) is 10.6. The molecule has 4 nitrogen and oxygen atoms in total. The number of hydrogen-bond donors (Lipinski definition) is 2.